The van der Waals surface area contributed by atoms with Crippen LogP contribution in [0.4, 0.5) is 18.9 Å². The van der Waals surface area contributed by atoms with E-state index in [1.165, 1.54) is 12.1 Å². The molecular weight excluding hydrogens is 377 g/mol. The summed E-state index contributed by atoms with van der Waals surface area (Å²) in [5.41, 5.74) is 0.394. The molecule has 0 saturated carbocycles. The maximum absolute atomic E-state index is 12.1. The number of anilines is 1. The summed E-state index contributed by atoms with van der Waals surface area (Å²) in [5, 5.41) is 5.49. The number of hydrogen-bond acceptors (Lipinski definition) is 5. The number of halogens is 3. The predicted octanol–water partition coefficient (Wildman–Crippen LogP) is 1.67. The van der Waals surface area contributed by atoms with E-state index in [4.69, 9.17) is 0 Å². The fraction of sp³-hybridized carbons (Fsp3) is 0.556. The van der Waals surface area contributed by atoms with Gasteiger partial charge in [0.25, 0.3) is 0 Å². The molecular formula is C18H25F3N4O3. The lowest BCUT2D eigenvalue weighted by atomic mass is 10.3. The number of hydrogen-bond donors (Lipinski definition) is 2. The van der Waals surface area contributed by atoms with Gasteiger partial charge in [0.05, 0.1) is 13.1 Å². The molecule has 7 nitrogen and oxygen atoms in total. The van der Waals surface area contributed by atoms with Crippen molar-refractivity contribution in [1.82, 2.24) is 15.1 Å². The second-order valence-corrected chi connectivity index (χ2v) is 6.52. The van der Waals surface area contributed by atoms with E-state index in [-0.39, 0.29) is 24.1 Å². The average Bonchev–Trinajstić information content (AvgIpc) is 2.62. The Hall–Kier alpha value is -2.33. The monoisotopic (exact) mass is 402 g/mol. The third-order valence-electron chi connectivity index (χ3n) is 4.14. The molecule has 2 N–H and O–H groups in total. The minimum Gasteiger partial charge on any atom is -0.406 e. The van der Waals surface area contributed by atoms with Crippen molar-refractivity contribution in [2.24, 2.45) is 0 Å². The standard InChI is InChI=1S/C18H25F3N4O3/c1-2-7-22-16(26)12-24-8-10-25(11-9-24)13-17(27)23-14-3-5-15(6-4-14)28-18(19,20)21/h3-6H,2,7-13H2,1H3,(H,22,26)(H,23,27). The molecule has 1 heterocycles. The molecule has 0 radical (unpaired) electrons. The molecule has 2 amide bonds. The Kier molecular flexibility index (Phi) is 8.06. The first-order chi connectivity index (χ1) is 13.2. The SMILES string of the molecule is CCCNC(=O)CN1CCN(CC(=O)Nc2ccc(OC(F)(F)F)cc2)CC1. The Labute approximate surface area is 161 Å². The number of nitrogens with zero attached hydrogens (tertiary/aromatic N) is 2. The van der Waals surface area contributed by atoms with Gasteiger partial charge in [0, 0.05) is 38.4 Å². The Balaban J connectivity index is 1.70. The topological polar surface area (TPSA) is 73.9 Å². The van der Waals surface area contributed by atoms with Gasteiger partial charge in [-0.25, -0.2) is 0 Å². The van der Waals surface area contributed by atoms with E-state index in [0.717, 1.165) is 18.6 Å². The van der Waals surface area contributed by atoms with Gasteiger partial charge in [-0.05, 0) is 30.7 Å². The van der Waals surface area contributed by atoms with E-state index < -0.39 is 6.36 Å². The van der Waals surface area contributed by atoms with Crippen LogP contribution in [0.25, 0.3) is 0 Å². The second-order valence-electron chi connectivity index (χ2n) is 6.52. The highest BCUT2D eigenvalue weighted by Crippen LogP contribution is 2.23. The normalized spacial score (nSPS) is 15.9. The average molecular weight is 402 g/mol. The first kappa shape index (κ1) is 22.0. The van der Waals surface area contributed by atoms with Gasteiger partial charge in [0.1, 0.15) is 5.75 Å². The second kappa shape index (κ2) is 10.3. The molecule has 0 bridgehead atoms. The fourth-order valence-electron chi connectivity index (χ4n) is 2.77. The van der Waals surface area contributed by atoms with Crippen molar-refractivity contribution >= 4 is 17.5 Å². The number of carbonyl (C=O) groups excluding carboxylic acids is 2. The van der Waals surface area contributed by atoms with Crippen LogP contribution in [0.5, 0.6) is 5.75 Å². The van der Waals surface area contributed by atoms with Crippen LogP contribution in [-0.4, -0.2) is 73.8 Å². The minimum absolute atomic E-state index is 0.00555. The molecule has 0 aromatic heterocycles. The third kappa shape index (κ3) is 8.13. The van der Waals surface area contributed by atoms with Crippen LogP contribution < -0.4 is 15.4 Å². The van der Waals surface area contributed by atoms with Crippen LogP contribution in [0.1, 0.15) is 13.3 Å². The highest BCUT2D eigenvalue weighted by Gasteiger charge is 2.31. The Bertz CT molecular complexity index is 644. The van der Waals surface area contributed by atoms with Gasteiger partial charge < -0.3 is 15.4 Å². The lowest BCUT2D eigenvalue weighted by molar-refractivity contribution is -0.274. The van der Waals surface area contributed by atoms with Crippen molar-refractivity contribution in [1.29, 1.82) is 0 Å². The van der Waals surface area contributed by atoms with Crippen LogP contribution >= 0.6 is 0 Å². The molecule has 0 aliphatic carbocycles. The predicted molar refractivity (Wildman–Crippen MR) is 97.9 cm³/mol. The van der Waals surface area contributed by atoms with Crippen LogP contribution in [0.15, 0.2) is 24.3 Å². The molecule has 1 aliphatic rings. The molecule has 10 heteroatoms. The van der Waals surface area contributed by atoms with Crippen molar-refractivity contribution in [3.05, 3.63) is 24.3 Å². The molecule has 0 atom stereocenters. The van der Waals surface area contributed by atoms with E-state index in [1.54, 1.807) is 0 Å². The maximum Gasteiger partial charge on any atom is 0.573 e. The fourth-order valence-corrected chi connectivity index (χ4v) is 2.77. The summed E-state index contributed by atoms with van der Waals surface area (Å²) in [6.07, 6.45) is -3.85. The van der Waals surface area contributed by atoms with Crippen LogP contribution in [0.2, 0.25) is 0 Å². The highest BCUT2D eigenvalue weighted by atomic mass is 19.4. The molecule has 0 spiro atoms. The van der Waals surface area contributed by atoms with Crippen LogP contribution in [0, 0.1) is 0 Å². The molecule has 1 aliphatic heterocycles. The summed E-state index contributed by atoms with van der Waals surface area (Å²) in [5.74, 6) is -0.589. The number of amides is 2. The van der Waals surface area contributed by atoms with Crippen molar-refractivity contribution < 1.29 is 27.5 Å². The van der Waals surface area contributed by atoms with Crippen molar-refractivity contribution in [2.75, 3.05) is 51.1 Å². The highest BCUT2D eigenvalue weighted by molar-refractivity contribution is 5.92. The van der Waals surface area contributed by atoms with Gasteiger partial charge in [-0.15, -0.1) is 13.2 Å². The summed E-state index contributed by atoms with van der Waals surface area (Å²) in [6, 6.07) is 4.99. The maximum atomic E-state index is 12.1. The molecule has 1 fully saturated rings. The molecule has 156 valence electrons. The van der Waals surface area contributed by atoms with Crippen molar-refractivity contribution in [3.63, 3.8) is 0 Å². The Morgan fingerprint density at radius 2 is 1.54 bits per heavy atom. The lowest BCUT2D eigenvalue weighted by Crippen LogP contribution is -2.51. The van der Waals surface area contributed by atoms with Crippen molar-refractivity contribution in [2.45, 2.75) is 19.7 Å². The molecule has 0 unspecified atom stereocenters. The van der Waals surface area contributed by atoms with Crippen LogP contribution in [0.3, 0.4) is 0 Å². The zero-order valence-electron chi connectivity index (χ0n) is 15.7. The largest absolute Gasteiger partial charge is 0.573 e. The minimum atomic E-state index is -4.75. The molecule has 1 aromatic carbocycles. The van der Waals surface area contributed by atoms with E-state index in [1.807, 2.05) is 16.7 Å². The van der Waals surface area contributed by atoms with Crippen LogP contribution in [-0.2, 0) is 9.59 Å². The number of benzene rings is 1. The van der Waals surface area contributed by atoms with Gasteiger partial charge in [-0.2, -0.15) is 0 Å². The summed E-state index contributed by atoms with van der Waals surface area (Å²) >= 11 is 0. The number of alkyl halides is 3. The van der Waals surface area contributed by atoms with E-state index in [2.05, 4.69) is 15.4 Å². The zero-order chi connectivity index (χ0) is 20.6. The first-order valence-corrected chi connectivity index (χ1v) is 9.12. The number of piperazine rings is 1. The molecule has 2 rings (SSSR count). The number of nitrogens with one attached hydrogen (secondary N) is 2. The summed E-state index contributed by atoms with van der Waals surface area (Å²) in [4.78, 5) is 27.9. The summed E-state index contributed by atoms with van der Waals surface area (Å²) in [7, 11) is 0. The summed E-state index contributed by atoms with van der Waals surface area (Å²) < 4.78 is 40.2. The van der Waals surface area contributed by atoms with Gasteiger partial charge in [-0.3, -0.25) is 19.4 Å². The van der Waals surface area contributed by atoms with E-state index >= 15 is 0 Å². The van der Waals surface area contributed by atoms with E-state index in [9.17, 15) is 22.8 Å². The smallest absolute Gasteiger partial charge is 0.406 e. The van der Waals surface area contributed by atoms with Gasteiger partial charge in [0.2, 0.25) is 11.8 Å². The van der Waals surface area contributed by atoms with Gasteiger partial charge >= 0.3 is 6.36 Å². The van der Waals surface area contributed by atoms with Crippen molar-refractivity contribution in [3.8, 4) is 5.75 Å². The zero-order valence-corrected chi connectivity index (χ0v) is 15.7. The first-order valence-electron chi connectivity index (χ1n) is 9.12. The number of ether oxygens (including phenoxy) is 1. The lowest BCUT2D eigenvalue weighted by Gasteiger charge is -2.33. The summed E-state index contributed by atoms with van der Waals surface area (Å²) in [6.45, 7) is 5.90. The quantitative estimate of drug-likeness (QED) is 0.692. The molecule has 1 saturated heterocycles. The molecule has 1 aromatic rings. The third-order valence-corrected chi connectivity index (χ3v) is 4.14. The van der Waals surface area contributed by atoms with Gasteiger partial charge in [-0.1, -0.05) is 6.92 Å². The van der Waals surface area contributed by atoms with E-state index in [0.29, 0.717) is 45.0 Å². The Morgan fingerprint density at radius 1 is 1.00 bits per heavy atom. The molecule has 28 heavy (non-hydrogen) atoms. The van der Waals surface area contributed by atoms with Gasteiger partial charge in [0.15, 0.2) is 0 Å². The number of rotatable bonds is 8. The Morgan fingerprint density at radius 3 is 2.04 bits per heavy atom. The number of carbonyl (C=O) groups is 2.